The summed E-state index contributed by atoms with van der Waals surface area (Å²) in [5.74, 6) is -1.16. The maximum absolute atomic E-state index is 13.0. The predicted molar refractivity (Wildman–Crippen MR) is 110 cm³/mol. The van der Waals surface area contributed by atoms with Crippen LogP contribution >= 0.6 is 0 Å². The van der Waals surface area contributed by atoms with Crippen LogP contribution in [0.25, 0.3) is 16.9 Å². The Balaban J connectivity index is 1.72. The van der Waals surface area contributed by atoms with Gasteiger partial charge in [-0.2, -0.15) is 5.10 Å². The third-order valence-electron chi connectivity index (χ3n) is 5.51. The predicted octanol–water partition coefficient (Wildman–Crippen LogP) is 3.75. The first-order valence-corrected chi connectivity index (χ1v) is 9.64. The molecule has 6 nitrogen and oxygen atoms in total. The van der Waals surface area contributed by atoms with Crippen LogP contribution in [0, 0.1) is 19.3 Å². The van der Waals surface area contributed by atoms with Gasteiger partial charge in [0.1, 0.15) is 5.69 Å². The van der Waals surface area contributed by atoms with Gasteiger partial charge in [-0.1, -0.05) is 42.0 Å². The van der Waals surface area contributed by atoms with Crippen LogP contribution in [0.5, 0.6) is 0 Å². The van der Waals surface area contributed by atoms with Gasteiger partial charge in [0.25, 0.3) is 5.91 Å². The summed E-state index contributed by atoms with van der Waals surface area (Å²) in [5, 5.41) is 16.9. The van der Waals surface area contributed by atoms with Gasteiger partial charge in [0, 0.05) is 18.3 Å². The number of hydrogen-bond donors (Lipinski definition) is 2. The molecule has 0 bridgehead atoms. The average molecular weight is 389 g/mol. The van der Waals surface area contributed by atoms with E-state index in [1.165, 1.54) is 0 Å². The van der Waals surface area contributed by atoms with Crippen LogP contribution < -0.4 is 5.32 Å². The largest absolute Gasteiger partial charge is 0.481 e. The molecule has 0 atom stereocenters. The van der Waals surface area contributed by atoms with Crippen LogP contribution in [0.1, 0.15) is 34.3 Å². The van der Waals surface area contributed by atoms with Crippen LogP contribution in [0.15, 0.2) is 54.7 Å². The zero-order chi connectivity index (χ0) is 20.6. The van der Waals surface area contributed by atoms with E-state index >= 15 is 0 Å². The van der Waals surface area contributed by atoms with Gasteiger partial charge in [0.15, 0.2) is 0 Å². The summed E-state index contributed by atoms with van der Waals surface area (Å²) in [6.07, 6.45) is 2.89. The molecule has 1 fully saturated rings. The molecule has 1 aliphatic rings. The number of carbonyl (C=O) groups excluding carboxylic acids is 1. The van der Waals surface area contributed by atoms with Crippen molar-refractivity contribution < 1.29 is 14.7 Å². The smallest absolute Gasteiger partial charge is 0.311 e. The zero-order valence-corrected chi connectivity index (χ0v) is 16.5. The van der Waals surface area contributed by atoms with E-state index < -0.39 is 11.4 Å². The molecular weight excluding hydrogens is 366 g/mol. The molecule has 0 saturated heterocycles. The average Bonchev–Trinajstić information content (AvgIpc) is 3.38. The first kappa shape index (κ1) is 18.9. The van der Waals surface area contributed by atoms with E-state index in [1.54, 1.807) is 10.9 Å². The van der Waals surface area contributed by atoms with Gasteiger partial charge in [-0.05, 0) is 44.4 Å². The highest BCUT2D eigenvalue weighted by Crippen LogP contribution is 2.45. The van der Waals surface area contributed by atoms with Crippen molar-refractivity contribution in [2.75, 3.05) is 6.54 Å². The number of carboxylic acid groups (broad SMARTS) is 1. The van der Waals surface area contributed by atoms with Crippen molar-refractivity contribution in [1.82, 2.24) is 15.1 Å². The highest BCUT2D eigenvalue weighted by atomic mass is 16.4. The lowest BCUT2D eigenvalue weighted by atomic mass is 10.0. The summed E-state index contributed by atoms with van der Waals surface area (Å²) in [7, 11) is 0. The van der Waals surface area contributed by atoms with Gasteiger partial charge in [-0.15, -0.1) is 0 Å². The lowest BCUT2D eigenvalue weighted by Crippen LogP contribution is -2.34. The minimum absolute atomic E-state index is 0.129. The van der Waals surface area contributed by atoms with Crippen molar-refractivity contribution >= 4 is 11.9 Å². The number of para-hydroxylation sites is 1. The lowest BCUT2D eigenvalue weighted by molar-refractivity contribution is -0.143. The Hall–Kier alpha value is -3.41. The Morgan fingerprint density at radius 1 is 1.14 bits per heavy atom. The summed E-state index contributed by atoms with van der Waals surface area (Å²) in [6, 6.07) is 15.6. The van der Waals surface area contributed by atoms with Gasteiger partial charge < -0.3 is 10.4 Å². The van der Waals surface area contributed by atoms with Gasteiger partial charge in [-0.25, -0.2) is 4.68 Å². The molecule has 3 aromatic rings. The standard InChI is InChI=1S/C23H23N3O3/c1-15-8-9-18(16(2)12-15)20-19(13-26(25-20)17-6-4-3-5-7-17)21(27)24-14-23(10-11-23)22(28)29/h3-9,12-13H,10-11,14H2,1-2H3,(H,24,27)(H,28,29). The third-order valence-corrected chi connectivity index (χ3v) is 5.51. The van der Waals surface area contributed by atoms with Crippen molar-refractivity contribution in [2.24, 2.45) is 5.41 Å². The van der Waals surface area contributed by atoms with E-state index in [0.29, 0.717) is 24.1 Å². The fraction of sp³-hybridized carbons (Fsp3) is 0.261. The van der Waals surface area contributed by atoms with Crippen LogP contribution in [-0.4, -0.2) is 33.3 Å². The molecule has 6 heteroatoms. The Morgan fingerprint density at radius 3 is 2.48 bits per heavy atom. The summed E-state index contributed by atoms with van der Waals surface area (Å²) < 4.78 is 1.69. The van der Waals surface area contributed by atoms with E-state index in [1.807, 2.05) is 56.3 Å². The van der Waals surface area contributed by atoms with Gasteiger partial charge in [0.2, 0.25) is 0 Å². The van der Waals surface area contributed by atoms with Crippen LogP contribution in [0.3, 0.4) is 0 Å². The molecule has 0 aliphatic heterocycles. The normalized spacial score (nSPS) is 14.4. The van der Waals surface area contributed by atoms with E-state index in [4.69, 9.17) is 5.10 Å². The van der Waals surface area contributed by atoms with Gasteiger partial charge >= 0.3 is 5.97 Å². The highest BCUT2D eigenvalue weighted by molar-refractivity contribution is 6.00. The molecule has 0 spiro atoms. The molecule has 0 radical (unpaired) electrons. The number of aryl methyl sites for hydroxylation is 2. The number of nitrogens with zero attached hydrogens (tertiary/aromatic N) is 2. The fourth-order valence-corrected chi connectivity index (χ4v) is 3.49. The summed E-state index contributed by atoms with van der Waals surface area (Å²) in [6.45, 7) is 4.15. The second-order valence-corrected chi connectivity index (χ2v) is 7.76. The van der Waals surface area contributed by atoms with E-state index in [9.17, 15) is 14.7 Å². The fourth-order valence-electron chi connectivity index (χ4n) is 3.49. The molecule has 1 heterocycles. The van der Waals surface area contributed by atoms with Crippen molar-refractivity contribution in [1.29, 1.82) is 0 Å². The molecular formula is C23H23N3O3. The number of aliphatic carboxylic acids is 1. The number of nitrogens with one attached hydrogen (secondary N) is 1. The van der Waals surface area contributed by atoms with Crippen LogP contribution in [0.4, 0.5) is 0 Å². The maximum Gasteiger partial charge on any atom is 0.311 e. The van der Waals surface area contributed by atoms with Gasteiger partial charge in [0.05, 0.1) is 16.7 Å². The van der Waals surface area contributed by atoms with E-state index in [0.717, 1.165) is 22.4 Å². The molecule has 4 rings (SSSR count). The lowest BCUT2D eigenvalue weighted by Gasteiger charge is -2.11. The van der Waals surface area contributed by atoms with Crippen LogP contribution in [-0.2, 0) is 4.79 Å². The molecule has 1 amide bonds. The highest BCUT2D eigenvalue weighted by Gasteiger charge is 2.50. The minimum atomic E-state index is -0.854. The number of carbonyl (C=O) groups is 2. The Morgan fingerprint density at radius 2 is 1.86 bits per heavy atom. The van der Waals surface area contributed by atoms with E-state index in [2.05, 4.69) is 11.4 Å². The number of rotatable bonds is 6. The molecule has 0 unspecified atom stereocenters. The number of amides is 1. The summed E-state index contributed by atoms with van der Waals surface area (Å²) in [5.41, 5.74) is 4.10. The minimum Gasteiger partial charge on any atom is -0.481 e. The first-order chi connectivity index (χ1) is 13.9. The van der Waals surface area contributed by atoms with Crippen LogP contribution in [0.2, 0.25) is 0 Å². The number of carboxylic acids is 1. The number of aromatic nitrogens is 2. The Bertz CT molecular complexity index is 1080. The summed E-state index contributed by atoms with van der Waals surface area (Å²) >= 11 is 0. The molecule has 29 heavy (non-hydrogen) atoms. The maximum atomic E-state index is 13.0. The molecule has 1 saturated carbocycles. The third kappa shape index (κ3) is 3.66. The number of hydrogen-bond acceptors (Lipinski definition) is 3. The second kappa shape index (κ2) is 7.20. The molecule has 2 aromatic carbocycles. The molecule has 148 valence electrons. The Kier molecular flexibility index (Phi) is 4.70. The molecule has 1 aliphatic carbocycles. The van der Waals surface area contributed by atoms with E-state index in [-0.39, 0.29) is 12.5 Å². The zero-order valence-electron chi connectivity index (χ0n) is 16.5. The van der Waals surface area contributed by atoms with Gasteiger partial charge in [-0.3, -0.25) is 9.59 Å². The van der Waals surface area contributed by atoms with Crippen molar-refractivity contribution in [3.05, 3.63) is 71.4 Å². The monoisotopic (exact) mass is 389 g/mol. The van der Waals surface area contributed by atoms with Crippen molar-refractivity contribution in [2.45, 2.75) is 26.7 Å². The number of benzene rings is 2. The van der Waals surface area contributed by atoms with Crippen molar-refractivity contribution in [3.8, 4) is 16.9 Å². The SMILES string of the molecule is Cc1ccc(-c2nn(-c3ccccc3)cc2C(=O)NCC2(C(=O)O)CC2)c(C)c1. The topological polar surface area (TPSA) is 84.2 Å². The second-order valence-electron chi connectivity index (χ2n) is 7.76. The molecule has 1 aromatic heterocycles. The van der Waals surface area contributed by atoms with Crippen molar-refractivity contribution in [3.63, 3.8) is 0 Å². The molecule has 2 N–H and O–H groups in total. The quantitative estimate of drug-likeness (QED) is 0.672. The first-order valence-electron chi connectivity index (χ1n) is 9.64. The Labute approximate surface area is 169 Å². The summed E-state index contributed by atoms with van der Waals surface area (Å²) in [4.78, 5) is 24.4.